The fraction of sp³-hybridized carbons (Fsp3) is 0.312. The molecule has 0 aliphatic rings. The van der Waals surface area contributed by atoms with Crippen LogP contribution in [0.2, 0.25) is 4.34 Å². The maximum absolute atomic E-state index is 12.0. The van der Waals surface area contributed by atoms with Gasteiger partial charge in [0.1, 0.15) is 0 Å². The van der Waals surface area contributed by atoms with E-state index in [-0.39, 0.29) is 5.78 Å². The predicted molar refractivity (Wildman–Crippen MR) is 85.8 cm³/mol. The summed E-state index contributed by atoms with van der Waals surface area (Å²) in [6, 6.07) is 14.2. The lowest BCUT2D eigenvalue weighted by atomic mass is 10.0. The number of ketones is 1. The van der Waals surface area contributed by atoms with Gasteiger partial charge in [-0.2, -0.15) is 0 Å². The van der Waals surface area contributed by atoms with E-state index < -0.39 is 0 Å². The van der Waals surface area contributed by atoms with Crippen LogP contribution in [0.4, 0.5) is 0 Å². The summed E-state index contributed by atoms with van der Waals surface area (Å²) in [6.45, 7) is 2.83. The molecule has 1 N–H and O–H groups in total. The number of rotatable bonds is 7. The van der Waals surface area contributed by atoms with E-state index in [9.17, 15) is 4.79 Å². The van der Waals surface area contributed by atoms with Gasteiger partial charge in [0.05, 0.1) is 9.21 Å². The zero-order chi connectivity index (χ0) is 14.4. The molecule has 0 saturated carbocycles. The Morgan fingerprint density at radius 3 is 2.60 bits per heavy atom. The highest BCUT2D eigenvalue weighted by Crippen LogP contribution is 2.22. The fourth-order valence-corrected chi connectivity index (χ4v) is 3.14. The monoisotopic (exact) mass is 307 g/mol. The van der Waals surface area contributed by atoms with Crippen LogP contribution in [0, 0.1) is 0 Å². The SMILES string of the molecule is CCC(NCCC(=O)c1ccc(Cl)s1)c1ccccc1. The minimum Gasteiger partial charge on any atom is -0.310 e. The molecule has 2 nitrogen and oxygen atoms in total. The van der Waals surface area contributed by atoms with Crippen molar-refractivity contribution in [1.82, 2.24) is 5.32 Å². The number of benzene rings is 1. The smallest absolute Gasteiger partial charge is 0.174 e. The van der Waals surface area contributed by atoms with Crippen LogP contribution in [0.15, 0.2) is 42.5 Å². The van der Waals surface area contributed by atoms with E-state index in [0.717, 1.165) is 11.3 Å². The molecule has 2 aromatic rings. The van der Waals surface area contributed by atoms with Crippen molar-refractivity contribution in [2.75, 3.05) is 6.54 Å². The van der Waals surface area contributed by atoms with Crippen molar-refractivity contribution in [2.24, 2.45) is 0 Å². The van der Waals surface area contributed by atoms with Crippen molar-refractivity contribution >= 4 is 28.7 Å². The van der Waals surface area contributed by atoms with E-state index in [1.54, 1.807) is 12.1 Å². The minimum atomic E-state index is 0.150. The Morgan fingerprint density at radius 2 is 2.00 bits per heavy atom. The Hall–Kier alpha value is -1.16. The molecule has 106 valence electrons. The molecule has 0 amide bonds. The highest BCUT2D eigenvalue weighted by molar-refractivity contribution is 7.18. The summed E-state index contributed by atoms with van der Waals surface area (Å²) in [5.41, 5.74) is 1.27. The Balaban J connectivity index is 1.84. The van der Waals surface area contributed by atoms with Gasteiger partial charge in [-0.05, 0) is 24.1 Å². The zero-order valence-corrected chi connectivity index (χ0v) is 13.0. The maximum Gasteiger partial charge on any atom is 0.174 e. The van der Waals surface area contributed by atoms with Crippen LogP contribution in [0.25, 0.3) is 0 Å². The summed E-state index contributed by atoms with van der Waals surface area (Å²) in [6.07, 6.45) is 1.50. The number of hydrogen-bond donors (Lipinski definition) is 1. The minimum absolute atomic E-state index is 0.150. The molecule has 2 rings (SSSR count). The summed E-state index contributed by atoms with van der Waals surface area (Å²) in [4.78, 5) is 12.7. The van der Waals surface area contributed by atoms with Crippen LogP contribution >= 0.6 is 22.9 Å². The number of halogens is 1. The van der Waals surface area contributed by atoms with Gasteiger partial charge in [-0.3, -0.25) is 4.79 Å². The second-order valence-electron chi connectivity index (χ2n) is 4.60. The first-order valence-electron chi connectivity index (χ1n) is 6.77. The molecule has 0 aliphatic carbocycles. The van der Waals surface area contributed by atoms with E-state index in [1.165, 1.54) is 16.9 Å². The van der Waals surface area contributed by atoms with Gasteiger partial charge in [0, 0.05) is 19.0 Å². The van der Waals surface area contributed by atoms with Crippen LogP contribution in [-0.2, 0) is 0 Å². The van der Waals surface area contributed by atoms with Gasteiger partial charge in [-0.25, -0.2) is 0 Å². The van der Waals surface area contributed by atoms with Gasteiger partial charge in [-0.1, -0.05) is 48.9 Å². The lowest BCUT2D eigenvalue weighted by Crippen LogP contribution is -2.23. The van der Waals surface area contributed by atoms with Crippen LogP contribution in [0.1, 0.15) is 41.0 Å². The zero-order valence-electron chi connectivity index (χ0n) is 11.4. The first kappa shape index (κ1) is 15.2. The molecule has 0 saturated heterocycles. The molecular weight excluding hydrogens is 290 g/mol. The predicted octanol–water partition coefficient (Wildman–Crippen LogP) is 4.72. The molecule has 0 spiro atoms. The van der Waals surface area contributed by atoms with E-state index in [4.69, 9.17) is 11.6 Å². The van der Waals surface area contributed by atoms with Crippen molar-refractivity contribution < 1.29 is 4.79 Å². The van der Waals surface area contributed by atoms with Crippen LogP contribution in [0.3, 0.4) is 0 Å². The normalized spacial score (nSPS) is 12.3. The summed E-state index contributed by atoms with van der Waals surface area (Å²) in [5.74, 6) is 0.150. The highest BCUT2D eigenvalue weighted by atomic mass is 35.5. The van der Waals surface area contributed by atoms with Crippen molar-refractivity contribution in [1.29, 1.82) is 0 Å². The van der Waals surface area contributed by atoms with Crippen molar-refractivity contribution in [3.8, 4) is 0 Å². The third-order valence-corrected chi connectivity index (χ3v) is 4.47. The van der Waals surface area contributed by atoms with E-state index >= 15 is 0 Å². The molecule has 20 heavy (non-hydrogen) atoms. The van der Waals surface area contributed by atoms with E-state index in [0.29, 0.717) is 23.3 Å². The molecule has 0 radical (unpaired) electrons. The molecule has 1 aromatic heterocycles. The number of Topliss-reactive ketones (excluding diaryl/α,β-unsaturated/α-hetero) is 1. The Labute approximate surface area is 128 Å². The van der Waals surface area contributed by atoms with Gasteiger partial charge >= 0.3 is 0 Å². The van der Waals surface area contributed by atoms with E-state index in [1.807, 2.05) is 18.2 Å². The summed E-state index contributed by atoms with van der Waals surface area (Å²) in [7, 11) is 0. The Morgan fingerprint density at radius 1 is 1.25 bits per heavy atom. The number of carbonyl (C=O) groups excluding carboxylic acids is 1. The summed E-state index contributed by atoms with van der Waals surface area (Å²) >= 11 is 7.19. The molecule has 1 aromatic carbocycles. The van der Waals surface area contributed by atoms with Crippen LogP contribution < -0.4 is 5.32 Å². The molecule has 0 bridgehead atoms. The topological polar surface area (TPSA) is 29.1 Å². The molecule has 0 aliphatic heterocycles. The summed E-state index contributed by atoms with van der Waals surface area (Å²) in [5, 5.41) is 3.44. The van der Waals surface area contributed by atoms with Crippen LogP contribution in [0.5, 0.6) is 0 Å². The quantitative estimate of drug-likeness (QED) is 0.750. The van der Waals surface area contributed by atoms with Gasteiger partial charge < -0.3 is 5.32 Å². The maximum atomic E-state index is 12.0. The lowest BCUT2D eigenvalue weighted by Gasteiger charge is -2.17. The van der Waals surface area contributed by atoms with Crippen molar-refractivity contribution in [3.05, 3.63) is 57.2 Å². The number of hydrogen-bond acceptors (Lipinski definition) is 3. The van der Waals surface area contributed by atoms with E-state index in [2.05, 4.69) is 24.4 Å². The second kappa shape index (κ2) is 7.58. The third kappa shape index (κ3) is 4.17. The largest absolute Gasteiger partial charge is 0.310 e. The third-order valence-electron chi connectivity index (χ3n) is 3.20. The first-order chi connectivity index (χ1) is 9.70. The van der Waals surface area contributed by atoms with Gasteiger partial charge in [-0.15, -0.1) is 11.3 Å². The van der Waals surface area contributed by atoms with Crippen molar-refractivity contribution in [2.45, 2.75) is 25.8 Å². The lowest BCUT2D eigenvalue weighted by molar-refractivity contribution is 0.0985. The highest BCUT2D eigenvalue weighted by Gasteiger charge is 2.11. The van der Waals surface area contributed by atoms with Gasteiger partial charge in [0.2, 0.25) is 0 Å². The molecular formula is C16H18ClNOS. The first-order valence-corrected chi connectivity index (χ1v) is 7.97. The van der Waals surface area contributed by atoms with Gasteiger partial charge in [0.25, 0.3) is 0 Å². The van der Waals surface area contributed by atoms with Crippen molar-refractivity contribution in [3.63, 3.8) is 0 Å². The second-order valence-corrected chi connectivity index (χ2v) is 6.32. The van der Waals surface area contributed by atoms with Crippen LogP contribution in [-0.4, -0.2) is 12.3 Å². The number of carbonyl (C=O) groups is 1. The molecule has 1 unspecified atom stereocenters. The molecule has 4 heteroatoms. The molecule has 1 heterocycles. The fourth-order valence-electron chi connectivity index (χ4n) is 2.13. The number of nitrogens with one attached hydrogen (secondary N) is 1. The number of thiophene rings is 1. The Kier molecular flexibility index (Phi) is 5.77. The molecule has 0 fully saturated rings. The average molecular weight is 308 g/mol. The average Bonchev–Trinajstić information content (AvgIpc) is 2.91. The Bertz CT molecular complexity index is 553. The standard InChI is InChI=1S/C16H18ClNOS/c1-2-13(12-6-4-3-5-7-12)18-11-10-14(19)15-8-9-16(17)20-15/h3-9,13,18H,2,10-11H2,1H3. The summed E-state index contributed by atoms with van der Waals surface area (Å²) < 4.78 is 0.664. The molecule has 1 atom stereocenters. The van der Waals surface area contributed by atoms with Gasteiger partial charge in [0.15, 0.2) is 5.78 Å².